The predicted octanol–water partition coefficient (Wildman–Crippen LogP) is 4.25. The number of nitrogens with one attached hydrogen (secondary N) is 1. The van der Waals surface area contributed by atoms with E-state index in [1.54, 1.807) is 56.5 Å². The second kappa shape index (κ2) is 6.61. The minimum Gasteiger partial charge on any atom is -0.497 e. The molecule has 0 aliphatic rings. The largest absolute Gasteiger partial charge is 0.497 e. The number of aromatic amines is 1. The fourth-order valence-corrected chi connectivity index (χ4v) is 3.00. The molecule has 5 nitrogen and oxygen atoms in total. The van der Waals surface area contributed by atoms with Gasteiger partial charge in [0.25, 0.3) is 0 Å². The van der Waals surface area contributed by atoms with Crippen LogP contribution in [-0.4, -0.2) is 29.0 Å². The van der Waals surface area contributed by atoms with Crippen molar-refractivity contribution in [2.24, 2.45) is 0 Å². The van der Waals surface area contributed by atoms with Gasteiger partial charge in [-0.15, -0.1) is 0 Å². The zero-order valence-corrected chi connectivity index (χ0v) is 14.4. The van der Waals surface area contributed by atoms with Gasteiger partial charge in [-0.3, -0.25) is 9.59 Å². The van der Waals surface area contributed by atoms with Crippen LogP contribution in [0, 0.1) is 0 Å². The molecule has 1 aromatic heterocycles. The molecule has 25 heavy (non-hydrogen) atoms. The molecule has 0 fully saturated rings. The van der Waals surface area contributed by atoms with Crippen molar-refractivity contribution in [2.75, 3.05) is 7.11 Å². The van der Waals surface area contributed by atoms with Gasteiger partial charge in [0.2, 0.25) is 5.78 Å². The molecular formula is C19H16ClNO4. The second-order valence-corrected chi connectivity index (χ2v) is 6.16. The van der Waals surface area contributed by atoms with Gasteiger partial charge in [-0.25, -0.2) is 0 Å². The first-order valence-electron chi connectivity index (χ1n) is 7.65. The van der Waals surface area contributed by atoms with Gasteiger partial charge in [0.05, 0.1) is 18.7 Å². The molecule has 1 atom stereocenters. The number of carboxylic acid groups (broad SMARTS) is 1. The third kappa shape index (κ3) is 3.10. The van der Waals surface area contributed by atoms with E-state index >= 15 is 0 Å². The Balaban J connectivity index is 2.17. The van der Waals surface area contributed by atoms with Crippen molar-refractivity contribution in [2.45, 2.75) is 12.8 Å². The summed E-state index contributed by atoms with van der Waals surface area (Å²) >= 11 is 6.02. The second-order valence-electron chi connectivity index (χ2n) is 5.72. The average Bonchev–Trinajstić information content (AvgIpc) is 2.98. The summed E-state index contributed by atoms with van der Waals surface area (Å²) in [5.74, 6) is -1.48. The number of carbonyl (C=O) groups excluding carboxylic acids is 1. The number of rotatable bonds is 5. The van der Waals surface area contributed by atoms with Crippen molar-refractivity contribution in [1.29, 1.82) is 0 Å². The highest BCUT2D eigenvalue weighted by Crippen LogP contribution is 2.32. The third-order valence-electron chi connectivity index (χ3n) is 4.18. The van der Waals surface area contributed by atoms with Gasteiger partial charge in [0.1, 0.15) is 5.75 Å². The molecule has 3 rings (SSSR count). The SMILES string of the molecule is COc1ccc(C(=O)c2[nH]c3cc(Cl)ccc3c2C(C)C(=O)O)cc1. The lowest BCUT2D eigenvalue weighted by Gasteiger charge is -2.09. The van der Waals surface area contributed by atoms with Crippen LogP contribution in [0.25, 0.3) is 10.9 Å². The Morgan fingerprint density at radius 1 is 1.16 bits per heavy atom. The summed E-state index contributed by atoms with van der Waals surface area (Å²) in [6.45, 7) is 1.56. The number of ketones is 1. The number of halogens is 1. The lowest BCUT2D eigenvalue weighted by atomic mass is 9.94. The number of ether oxygens (including phenoxy) is 1. The van der Waals surface area contributed by atoms with Gasteiger partial charge in [0, 0.05) is 27.1 Å². The smallest absolute Gasteiger partial charge is 0.310 e. The van der Waals surface area contributed by atoms with Crippen LogP contribution in [0.5, 0.6) is 5.75 Å². The van der Waals surface area contributed by atoms with E-state index in [9.17, 15) is 14.7 Å². The summed E-state index contributed by atoms with van der Waals surface area (Å²) in [6, 6.07) is 11.8. The van der Waals surface area contributed by atoms with Crippen LogP contribution >= 0.6 is 11.6 Å². The summed E-state index contributed by atoms with van der Waals surface area (Å²) in [4.78, 5) is 27.5. The monoisotopic (exact) mass is 357 g/mol. The molecule has 2 N–H and O–H groups in total. The van der Waals surface area contributed by atoms with Crippen molar-refractivity contribution < 1.29 is 19.4 Å². The van der Waals surface area contributed by atoms with Crippen LogP contribution in [0.4, 0.5) is 0 Å². The van der Waals surface area contributed by atoms with E-state index in [0.717, 1.165) is 0 Å². The molecule has 1 heterocycles. The number of fused-ring (bicyclic) bond motifs is 1. The molecule has 0 bridgehead atoms. The van der Waals surface area contributed by atoms with Crippen molar-refractivity contribution >= 4 is 34.3 Å². The molecule has 0 saturated heterocycles. The lowest BCUT2D eigenvalue weighted by molar-refractivity contribution is -0.138. The molecule has 0 saturated carbocycles. The Kier molecular flexibility index (Phi) is 4.51. The highest BCUT2D eigenvalue weighted by atomic mass is 35.5. The van der Waals surface area contributed by atoms with Gasteiger partial charge < -0.3 is 14.8 Å². The number of H-pyrrole nitrogens is 1. The highest BCUT2D eigenvalue weighted by Gasteiger charge is 2.26. The first-order chi connectivity index (χ1) is 11.9. The molecule has 2 aromatic carbocycles. The summed E-state index contributed by atoms with van der Waals surface area (Å²) in [5.41, 5.74) is 1.79. The zero-order valence-electron chi connectivity index (χ0n) is 13.7. The van der Waals surface area contributed by atoms with E-state index in [1.807, 2.05) is 0 Å². The number of benzene rings is 2. The maximum absolute atomic E-state index is 13.0. The lowest BCUT2D eigenvalue weighted by Crippen LogP contribution is -2.12. The van der Waals surface area contributed by atoms with Gasteiger partial charge in [-0.1, -0.05) is 17.7 Å². The standard InChI is InChI=1S/C19H16ClNO4/c1-10(19(23)24)16-14-8-5-12(20)9-15(14)21-17(16)18(22)11-3-6-13(25-2)7-4-11/h3-10,21H,1-2H3,(H,23,24). The van der Waals surface area contributed by atoms with Gasteiger partial charge in [-0.05, 0) is 43.3 Å². The third-order valence-corrected chi connectivity index (χ3v) is 4.42. The summed E-state index contributed by atoms with van der Waals surface area (Å²) in [7, 11) is 1.55. The van der Waals surface area contributed by atoms with Crippen molar-refractivity contribution in [3.63, 3.8) is 0 Å². The quantitative estimate of drug-likeness (QED) is 0.669. The molecule has 6 heteroatoms. The van der Waals surface area contributed by atoms with E-state index in [1.165, 1.54) is 0 Å². The number of methoxy groups -OCH3 is 1. The van der Waals surface area contributed by atoms with Crippen LogP contribution in [-0.2, 0) is 4.79 Å². The molecule has 0 radical (unpaired) electrons. The predicted molar refractivity (Wildman–Crippen MR) is 95.8 cm³/mol. The zero-order chi connectivity index (χ0) is 18.1. The summed E-state index contributed by atoms with van der Waals surface area (Å²) in [5, 5.41) is 10.6. The van der Waals surface area contributed by atoms with E-state index in [-0.39, 0.29) is 11.5 Å². The van der Waals surface area contributed by atoms with E-state index in [2.05, 4.69) is 4.98 Å². The van der Waals surface area contributed by atoms with Gasteiger partial charge >= 0.3 is 5.97 Å². The van der Waals surface area contributed by atoms with E-state index < -0.39 is 11.9 Å². The molecule has 128 valence electrons. The van der Waals surface area contributed by atoms with Crippen LogP contribution in [0.15, 0.2) is 42.5 Å². The van der Waals surface area contributed by atoms with Crippen LogP contribution in [0.3, 0.4) is 0 Å². The Morgan fingerprint density at radius 3 is 2.44 bits per heavy atom. The van der Waals surface area contributed by atoms with Crippen molar-refractivity contribution in [1.82, 2.24) is 4.98 Å². The minimum atomic E-state index is -1.00. The van der Waals surface area contributed by atoms with Gasteiger partial charge in [0.15, 0.2) is 0 Å². The molecule has 1 unspecified atom stereocenters. The minimum absolute atomic E-state index is 0.261. The molecule has 0 aliphatic carbocycles. The topological polar surface area (TPSA) is 79.4 Å². The maximum Gasteiger partial charge on any atom is 0.310 e. The number of carbonyl (C=O) groups is 2. The van der Waals surface area contributed by atoms with Crippen molar-refractivity contribution in [3.05, 3.63) is 64.3 Å². The van der Waals surface area contributed by atoms with Crippen LogP contribution < -0.4 is 4.74 Å². The summed E-state index contributed by atoms with van der Waals surface area (Å²) in [6.07, 6.45) is 0. The number of aliphatic carboxylic acids is 1. The Bertz CT molecular complexity index is 959. The highest BCUT2D eigenvalue weighted by molar-refractivity contribution is 6.31. The molecule has 0 amide bonds. The van der Waals surface area contributed by atoms with E-state index in [4.69, 9.17) is 16.3 Å². The number of hydrogen-bond acceptors (Lipinski definition) is 3. The fourth-order valence-electron chi connectivity index (χ4n) is 2.83. The molecule has 0 spiro atoms. The summed E-state index contributed by atoms with van der Waals surface area (Å²) < 4.78 is 5.10. The average molecular weight is 358 g/mol. The molecule has 3 aromatic rings. The molecule has 0 aliphatic heterocycles. The number of hydrogen-bond donors (Lipinski definition) is 2. The maximum atomic E-state index is 13.0. The normalized spacial score (nSPS) is 12.1. The van der Waals surface area contributed by atoms with E-state index in [0.29, 0.717) is 32.8 Å². The number of aromatic nitrogens is 1. The fraction of sp³-hybridized carbons (Fsp3) is 0.158. The Labute approximate surface area is 149 Å². The van der Waals surface area contributed by atoms with Gasteiger partial charge in [-0.2, -0.15) is 0 Å². The van der Waals surface area contributed by atoms with Crippen LogP contribution in [0.2, 0.25) is 5.02 Å². The van der Waals surface area contributed by atoms with Crippen LogP contribution in [0.1, 0.15) is 34.5 Å². The number of carboxylic acids is 1. The first-order valence-corrected chi connectivity index (χ1v) is 8.03. The Hall–Kier alpha value is -2.79. The van der Waals surface area contributed by atoms with Crippen molar-refractivity contribution in [3.8, 4) is 5.75 Å². The Morgan fingerprint density at radius 2 is 1.84 bits per heavy atom. The molecular weight excluding hydrogens is 342 g/mol. The first kappa shape index (κ1) is 17.0.